The molecule has 2 heterocycles. The number of halogens is 1. The van der Waals surface area contributed by atoms with Gasteiger partial charge in [0.25, 0.3) is 5.91 Å². The molecule has 5 nitrogen and oxygen atoms in total. The van der Waals surface area contributed by atoms with E-state index < -0.39 is 0 Å². The van der Waals surface area contributed by atoms with Crippen LogP contribution in [-0.4, -0.2) is 34.2 Å². The van der Waals surface area contributed by atoms with Crippen LogP contribution in [0.2, 0.25) is 5.02 Å². The minimum absolute atomic E-state index is 0.0709. The largest absolute Gasteiger partial charge is 0.283 e. The Labute approximate surface area is 164 Å². The monoisotopic (exact) mass is 384 g/mol. The zero-order valence-corrected chi connectivity index (χ0v) is 16.2. The van der Waals surface area contributed by atoms with Crippen LogP contribution < -0.4 is 5.43 Å². The topological polar surface area (TPSA) is 61.0 Å². The second kappa shape index (κ2) is 8.28. The summed E-state index contributed by atoms with van der Waals surface area (Å²) in [5.41, 5.74) is 7.92. The fourth-order valence-corrected chi connectivity index (χ4v) is 4.03. The Bertz CT molecular complexity index is 834. The molecule has 1 aliphatic heterocycles. The zero-order chi connectivity index (χ0) is 18.6. The molecule has 2 N–H and O–H groups in total. The summed E-state index contributed by atoms with van der Waals surface area (Å²) in [6.07, 6.45) is 9.68. The Balaban J connectivity index is 1.59. The highest BCUT2D eigenvalue weighted by molar-refractivity contribution is 6.30. The van der Waals surface area contributed by atoms with Gasteiger partial charge in [0.15, 0.2) is 0 Å². The van der Waals surface area contributed by atoms with E-state index in [1.807, 2.05) is 29.3 Å². The van der Waals surface area contributed by atoms with Crippen LogP contribution in [0, 0.1) is 0 Å². The number of hydrazine groups is 1. The minimum atomic E-state index is -0.0709. The van der Waals surface area contributed by atoms with E-state index in [1.165, 1.54) is 12.0 Å². The van der Waals surface area contributed by atoms with Crippen molar-refractivity contribution in [3.63, 3.8) is 0 Å². The quantitative estimate of drug-likeness (QED) is 0.768. The Kier molecular flexibility index (Phi) is 5.60. The SMILES string of the molecule is O=C(NN1CCCCC1)c1[nH]nc2c1CCCCC2=Cc1ccc(Cl)cc1. The van der Waals surface area contributed by atoms with E-state index in [4.69, 9.17) is 11.6 Å². The number of amides is 1. The van der Waals surface area contributed by atoms with E-state index in [9.17, 15) is 4.79 Å². The number of aromatic nitrogens is 2. The number of allylic oxidation sites excluding steroid dienone is 1. The molecule has 2 aromatic rings. The fourth-order valence-electron chi connectivity index (χ4n) is 3.90. The van der Waals surface area contributed by atoms with Gasteiger partial charge in [0.1, 0.15) is 5.69 Å². The molecular weight excluding hydrogens is 360 g/mol. The summed E-state index contributed by atoms with van der Waals surface area (Å²) < 4.78 is 0. The smallest absolute Gasteiger partial charge is 0.283 e. The van der Waals surface area contributed by atoms with Gasteiger partial charge in [0.05, 0.1) is 5.69 Å². The standard InChI is InChI=1S/C21H25ClN4O/c22-17-10-8-15(9-11-17)14-16-6-2-3-7-18-19(16)23-24-20(18)21(27)25-26-12-4-1-5-13-26/h8-11,14H,1-7,12-13H2,(H,23,24)(H,25,27). The van der Waals surface area contributed by atoms with Gasteiger partial charge in [-0.3, -0.25) is 15.3 Å². The number of hydrogen-bond donors (Lipinski definition) is 2. The molecule has 6 heteroatoms. The predicted molar refractivity (Wildman–Crippen MR) is 108 cm³/mol. The van der Waals surface area contributed by atoms with E-state index in [-0.39, 0.29) is 5.91 Å². The summed E-state index contributed by atoms with van der Waals surface area (Å²) >= 11 is 5.99. The number of carbonyl (C=O) groups excluding carboxylic acids is 1. The zero-order valence-electron chi connectivity index (χ0n) is 15.4. The molecule has 27 heavy (non-hydrogen) atoms. The van der Waals surface area contributed by atoms with E-state index in [0.717, 1.165) is 73.5 Å². The van der Waals surface area contributed by atoms with Crippen molar-refractivity contribution < 1.29 is 4.79 Å². The Morgan fingerprint density at radius 3 is 2.59 bits per heavy atom. The second-order valence-corrected chi connectivity index (χ2v) is 7.78. The van der Waals surface area contributed by atoms with Crippen LogP contribution in [0.1, 0.15) is 65.8 Å². The maximum Gasteiger partial charge on any atom is 0.283 e. The van der Waals surface area contributed by atoms with Gasteiger partial charge in [-0.2, -0.15) is 5.10 Å². The molecule has 1 amide bonds. The van der Waals surface area contributed by atoms with Crippen molar-refractivity contribution in [3.05, 3.63) is 51.8 Å². The number of hydrogen-bond acceptors (Lipinski definition) is 3. The lowest BCUT2D eigenvalue weighted by Gasteiger charge is -2.26. The molecule has 0 atom stereocenters. The van der Waals surface area contributed by atoms with Crippen molar-refractivity contribution in [3.8, 4) is 0 Å². The van der Waals surface area contributed by atoms with Gasteiger partial charge in [-0.25, -0.2) is 5.01 Å². The summed E-state index contributed by atoms with van der Waals surface area (Å²) in [4.78, 5) is 12.8. The van der Waals surface area contributed by atoms with Crippen molar-refractivity contribution in [2.75, 3.05) is 13.1 Å². The highest BCUT2D eigenvalue weighted by atomic mass is 35.5. The van der Waals surface area contributed by atoms with E-state index in [1.54, 1.807) is 0 Å². The molecule has 0 unspecified atom stereocenters. The fraction of sp³-hybridized carbons (Fsp3) is 0.429. The van der Waals surface area contributed by atoms with Gasteiger partial charge >= 0.3 is 0 Å². The average molecular weight is 385 g/mol. The number of benzene rings is 1. The number of aromatic amines is 1. The Morgan fingerprint density at radius 2 is 1.81 bits per heavy atom. The Hall–Kier alpha value is -2.11. The molecule has 1 fully saturated rings. The Morgan fingerprint density at radius 1 is 1.07 bits per heavy atom. The lowest BCUT2D eigenvalue weighted by atomic mass is 10.0. The van der Waals surface area contributed by atoms with Crippen molar-refractivity contribution in [2.24, 2.45) is 0 Å². The molecule has 0 saturated carbocycles. The second-order valence-electron chi connectivity index (χ2n) is 7.34. The lowest BCUT2D eigenvalue weighted by molar-refractivity contribution is 0.0743. The third-order valence-electron chi connectivity index (χ3n) is 5.35. The summed E-state index contributed by atoms with van der Waals surface area (Å²) in [6.45, 7) is 1.84. The number of piperidine rings is 1. The first-order valence-electron chi connectivity index (χ1n) is 9.80. The average Bonchev–Trinajstić information content (AvgIpc) is 3.01. The van der Waals surface area contributed by atoms with Gasteiger partial charge < -0.3 is 0 Å². The van der Waals surface area contributed by atoms with Crippen molar-refractivity contribution in [1.29, 1.82) is 0 Å². The van der Waals surface area contributed by atoms with Crippen molar-refractivity contribution in [2.45, 2.75) is 44.9 Å². The summed E-state index contributed by atoms with van der Waals surface area (Å²) in [7, 11) is 0. The van der Waals surface area contributed by atoms with Gasteiger partial charge in [-0.05, 0) is 67.9 Å². The summed E-state index contributed by atoms with van der Waals surface area (Å²) in [6, 6.07) is 7.81. The predicted octanol–water partition coefficient (Wildman–Crippen LogP) is 4.46. The maximum absolute atomic E-state index is 12.8. The maximum atomic E-state index is 12.8. The van der Waals surface area contributed by atoms with Gasteiger partial charge in [-0.1, -0.05) is 30.2 Å². The minimum Gasteiger partial charge on any atom is -0.283 e. The third-order valence-corrected chi connectivity index (χ3v) is 5.60. The number of fused-ring (bicyclic) bond motifs is 1. The lowest BCUT2D eigenvalue weighted by Crippen LogP contribution is -2.45. The van der Waals surface area contributed by atoms with E-state index in [0.29, 0.717) is 5.69 Å². The first-order chi connectivity index (χ1) is 13.2. The van der Waals surface area contributed by atoms with Gasteiger partial charge in [0.2, 0.25) is 0 Å². The molecular formula is C21H25ClN4O. The van der Waals surface area contributed by atoms with Crippen LogP contribution >= 0.6 is 11.6 Å². The number of H-pyrrole nitrogens is 1. The molecule has 4 rings (SSSR count). The molecule has 1 aliphatic carbocycles. The molecule has 0 radical (unpaired) electrons. The first kappa shape index (κ1) is 18.3. The third kappa shape index (κ3) is 4.25. The first-order valence-corrected chi connectivity index (χ1v) is 10.2. The number of nitrogens with one attached hydrogen (secondary N) is 2. The van der Waals surface area contributed by atoms with Gasteiger partial charge in [-0.15, -0.1) is 0 Å². The number of nitrogens with zero attached hydrogens (tertiary/aromatic N) is 2. The molecule has 0 spiro atoms. The summed E-state index contributed by atoms with van der Waals surface area (Å²) in [5.74, 6) is -0.0709. The highest BCUT2D eigenvalue weighted by Crippen LogP contribution is 2.31. The molecule has 2 aliphatic rings. The van der Waals surface area contributed by atoms with Crippen LogP contribution in [0.4, 0.5) is 0 Å². The van der Waals surface area contributed by atoms with Gasteiger partial charge in [0, 0.05) is 23.7 Å². The van der Waals surface area contributed by atoms with Crippen LogP contribution in [0.5, 0.6) is 0 Å². The summed E-state index contributed by atoms with van der Waals surface area (Å²) in [5, 5.41) is 10.3. The molecule has 1 aromatic heterocycles. The van der Waals surface area contributed by atoms with Crippen LogP contribution in [0.3, 0.4) is 0 Å². The molecule has 142 valence electrons. The van der Waals surface area contributed by atoms with Crippen molar-refractivity contribution >= 4 is 29.2 Å². The molecule has 1 saturated heterocycles. The van der Waals surface area contributed by atoms with E-state index in [2.05, 4.69) is 21.7 Å². The van der Waals surface area contributed by atoms with Crippen LogP contribution in [-0.2, 0) is 6.42 Å². The number of carbonyl (C=O) groups is 1. The highest BCUT2D eigenvalue weighted by Gasteiger charge is 2.24. The van der Waals surface area contributed by atoms with Crippen LogP contribution in [0.15, 0.2) is 24.3 Å². The molecule has 1 aromatic carbocycles. The van der Waals surface area contributed by atoms with E-state index >= 15 is 0 Å². The van der Waals surface area contributed by atoms with Crippen molar-refractivity contribution in [1.82, 2.24) is 20.6 Å². The molecule has 0 bridgehead atoms. The number of rotatable bonds is 3. The van der Waals surface area contributed by atoms with Crippen LogP contribution in [0.25, 0.3) is 11.6 Å². The normalized spacial score (nSPS) is 19.5.